The maximum atomic E-state index is 10.9. The third-order valence-corrected chi connectivity index (χ3v) is 4.12. The number of nitro groups is 1. The Kier molecular flexibility index (Phi) is 5.35. The Morgan fingerprint density at radius 3 is 2.70 bits per heavy atom. The summed E-state index contributed by atoms with van der Waals surface area (Å²) in [6.45, 7) is 6.53. The fourth-order valence-corrected chi connectivity index (χ4v) is 2.78. The topological polar surface area (TPSA) is 58.4 Å². The van der Waals surface area contributed by atoms with Crippen molar-refractivity contribution in [2.75, 3.05) is 31.5 Å². The predicted octanol–water partition coefficient (Wildman–Crippen LogP) is 3.13. The predicted molar refractivity (Wildman–Crippen MR) is 81.0 cm³/mol. The molecule has 1 aliphatic heterocycles. The maximum Gasteiger partial charge on any atom is 0.292 e. The first kappa shape index (κ1) is 14.8. The Bertz CT molecular complexity index is 442. The van der Waals surface area contributed by atoms with Crippen LogP contribution in [0, 0.1) is 16.0 Å². The minimum atomic E-state index is -0.331. The fourth-order valence-electron chi connectivity index (χ4n) is 2.78. The summed E-state index contributed by atoms with van der Waals surface area (Å²) in [6, 6.07) is 6.85. The van der Waals surface area contributed by atoms with Gasteiger partial charge in [-0.1, -0.05) is 19.1 Å². The minimum Gasteiger partial charge on any atom is -0.379 e. The van der Waals surface area contributed by atoms with Crippen molar-refractivity contribution < 1.29 is 4.92 Å². The second-order valence-electron chi connectivity index (χ2n) is 5.37. The monoisotopic (exact) mass is 277 g/mol. The molecule has 110 valence electrons. The first-order valence-electron chi connectivity index (χ1n) is 7.40. The van der Waals surface area contributed by atoms with E-state index in [4.69, 9.17) is 0 Å². The molecule has 0 saturated carbocycles. The number of nitrogens with one attached hydrogen (secondary N) is 1. The van der Waals surface area contributed by atoms with Crippen LogP contribution in [-0.2, 0) is 0 Å². The summed E-state index contributed by atoms with van der Waals surface area (Å²) in [5, 5.41) is 14.1. The van der Waals surface area contributed by atoms with E-state index in [9.17, 15) is 10.1 Å². The molecule has 0 amide bonds. The van der Waals surface area contributed by atoms with Crippen LogP contribution in [0.5, 0.6) is 0 Å². The van der Waals surface area contributed by atoms with Crippen LogP contribution in [0.3, 0.4) is 0 Å². The summed E-state index contributed by atoms with van der Waals surface area (Å²) in [4.78, 5) is 13.1. The molecule has 20 heavy (non-hydrogen) atoms. The third kappa shape index (κ3) is 3.93. The Morgan fingerprint density at radius 1 is 1.35 bits per heavy atom. The van der Waals surface area contributed by atoms with E-state index >= 15 is 0 Å². The second-order valence-corrected chi connectivity index (χ2v) is 5.37. The Morgan fingerprint density at radius 2 is 2.05 bits per heavy atom. The Labute approximate surface area is 120 Å². The van der Waals surface area contributed by atoms with Gasteiger partial charge in [-0.3, -0.25) is 10.1 Å². The van der Waals surface area contributed by atoms with E-state index < -0.39 is 0 Å². The van der Waals surface area contributed by atoms with Gasteiger partial charge in [-0.25, -0.2) is 0 Å². The molecule has 2 rings (SSSR count). The third-order valence-electron chi connectivity index (χ3n) is 4.12. The molecule has 0 spiro atoms. The smallest absolute Gasteiger partial charge is 0.292 e. The lowest BCUT2D eigenvalue weighted by Crippen LogP contribution is -2.33. The summed E-state index contributed by atoms with van der Waals surface area (Å²) >= 11 is 0. The van der Waals surface area contributed by atoms with Gasteiger partial charge in [0.15, 0.2) is 0 Å². The first-order valence-corrected chi connectivity index (χ1v) is 7.40. The molecule has 1 aromatic carbocycles. The molecular formula is C15H23N3O2. The quantitative estimate of drug-likeness (QED) is 0.641. The SMILES string of the molecule is CCN1CCC(CCNc2ccccc2[N+](=O)[O-])CC1. The van der Waals surface area contributed by atoms with E-state index in [-0.39, 0.29) is 10.6 Å². The van der Waals surface area contributed by atoms with E-state index in [1.165, 1.54) is 25.9 Å². The van der Waals surface area contributed by atoms with E-state index in [1.54, 1.807) is 18.2 Å². The van der Waals surface area contributed by atoms with Gasteiger partial charge in [0.1, 0.15) is 5.69 Å². The molecular weight excluding hydrogens is 254 g/mol. The van der Waals surface area contributed by atoms with Gasteiger partial charge in [0.05, 0.1) is 4.92 Å². The molecule has 1 aliphatic rings. The van der Waals surface area contributed by atoms with Crippen LogP contribution in [0.25, 0.3) is 0 Å². The molecule has 0 aliphatic carbocycles. The lowest BCUT2D eigenvalue weighted by Gasteiger charge is -2.31. The number of nitrogens with zero attached hydrogens (tertiary/aromatic N) is 2. The summed E-state index contributed by atoms with van der Waals surface area (Å²) in [7, 11) is 0. The lowest BCUT2D eigenvalue weighted by atomic mass is 9.93. The number of para-hydroxylation sites is 2. The first-order chi connectivity index (χ1) is 9.70. The zero-order valence-corrected chi connectivity index (χ0v) is 12.0. The molecule has 0 unspecified atom stereocenters. The number of rotatable bonds is 6. The number of likely N-dealkylation sites (tertiary alicyclic amines) is 1. The van der Waals surface area contributed by atoms with Crippen LogP contribution < -0.4 is 5.32 Å². The molecule has 1 N–H and O–H groups in total. The van der Waals surface area contributed by atoms with E-state index in [0.717, 1.165) is 25.4 Å². The number of anilines is 1. The van der Waals surface area contributed by atoms with Crippen molar-refractivity contribution in [1.82, 2.24) is 4.90 Å². The van der Waals surface area contributed by atoms with Gasteiger partial charge in [0.25, 0.3) is 5.69 Å². The van der Waals surface area contributed by atoms with Gasteiger partial charge >= 0.3 is 0 Å². The van der Waals surface area contributed by atoms with Crippen LogP contribution in [0.1, 0.15) is 26.2 Å². The van der Waals surface area contributed by atoms with Gasteiger partial charge in [-0.15, -0.1) is 0 Å². The lowest BCUT2D eigenvalue weighted by molar-refractivity contribution is -0.384. The van der Waals surface area contributed by atoms with E-state index in [2.05, 4.69) is 17.1 Å². The highest BCUT2D eigenvalue weighted by molar-refractivity contribution is 5.60. The summed E-state index contributed by atoms with van der Waals surface area (Å²) < 4.78 is 0. The zero-order chi connectivity index (χ0) is 14.4. The van der Waals surface area contributed by atoms with Crippen molar-refractivity contribution in [3.8, 4) is 0 Å². The number of hydrogen-bond acceptors (Lipinski definition) is 4. The van der Waals surface area contributed by atoms with Gasteiger partial charge in [0, 0.05) is 12.6 Å². The highest BCUT2D eigenvalue weighted by Crippen LogP contribution is 2.24. The largest absolute Gasteiger partial charge is 0.379 e. The average Bonchev–Trinajstić information content (AvgIpc) is 2.48. The molecule has 0 atom stereocenters. The van der Waals surface area contributed by atoms with Crippen molar-refractivity contribution >= 4 is 11.4 Å². The zero-order valence-electron chi connectivity index (χ0n) is 12.0. The van der Waals surface area contributed by atoms with E-state index in [1.807, 2.05) is 6.07 Å². The summed E-state index contributed by atoms with van der Waals surface area (Å²) in [5.74, 6) is 0.744. The minimum absolute atomic E-state index is 0.160. The van der Waals surface area contributed by atoms with Crippen LogP contribution in [0.2, 0.25) is 0 Å². The van der Waals surface area contributed by atoms with Gasteiger partial charge in [0.2, 0.25) is 0 Å². The van der Waals surface area contributed by atoms with Gasteiger partial charge in [-0.2, -0.15) is 0 Å². The molecule has 5 heteroatoms. The average molecular weight is 277 g/mol. The Balaban J connectivity index is 1.78. The fraction of sp³-hybridized carbons (Fsp3) is 0.600. The molecule has 0 bridgehead atoms. The number of benzene rings is 1. The highest BCUT2D eigenvalue weighted by atomic mass is 16.6. The molecule has 0 aromatic heterocycles. The van der Waals surface area contributed by atoms with Crippen molar-refractivity contribution in [2.24, 2.45) is 5.92 Å². The number of hydrogen-bond donors (Lipinski definition) is 1. The molecule has 1 fully saturated rings. The van der Waals surface area contributed by atoms with Crippen LogP contribution in [0.4, 0.5) is 11.4 Å². The molecule has 5 nitrogen and oxygen atoms in total. The Hall–Kier alpha value is -1.62. The standard InChI is InChI=1S/C15H23N3O2/c1-2-17-11-8-13(9-12-17)7-10-16-14-5-3-4-6-15(14)18(19)20/h3-6,13,16H,2,7-12H2,1H3. The highest BCUT2D eigenvalue weighted by Gasteiger charge is 2.18. The summed E-state index contributed by atoms with van der Waals surface area (Å²) in [5.41, 5.74) is 0.789. The summed E-state index contributed by atoms with van der Waals surface area (Å²) in [6.07, 6.45) is 3.57. The maximum absolute atomic E-state index is 10.9. The molecule has 1 saturated heterocycles. The van der Waals surface area contributed by atoms with Gasteiger partial charge in [-0.05, 0) is 50.9 Å². The van der Waals surface area contributed by atoms with Crippen LogP contribution >= 0.6 is 0 Å². The van der Waals surface area contributed by atoms with E-state index in [0.29, 0.717) is 5.69 Å². The number of nitro benzene ring substituents is 1. The molecule has 1 aromatic rings. The van der Waals surface area contributed by atoms with Gasteiger partial charge < -0.3 is 10.2 Å². The van der Waals surface area contributed by atoms with Crippen molar-refractivity contribution in [1.29, 1.82) is 0 Å². The van der Waals surface area contributed by atoms with Crippen molar-refractivity contribution in [3.63, 3.8) is 0 Å². The van der Waals surface area contributed by atoms with Crippen molar-refractivity contribution in [3.05, 3.63) is 34.4 Å². The van der Waals surface area contributed by atoms with Crippen LogP contribution in [-0.4, -0.2) is 36.0 Å². The van der Waals surface area contributed by atoms with Crippen molar-refractivity contribution in [2.45, 2.75) is 26.2 Å². The number of piperidine rings is 1. The molecule has 0 radical (unpaired) electrons. The normalized spacial score (nSPS) is 17.1. The molecule has 1 heterocycles. The van der Waals surface area contributed by atoms with Crippen LogP contribution in [0.15, 0.2) is 24.3 Å². The second kappa shape index (κ2) is 7.24.